The van der Waals surface area contributed by atoms with E-state index in [1.54, 1.807) is 7.11 Å². The maximum Gasteiger partial charge on any atom is 0.275 e. The van der Waals surface area contributed by atoms with Crippen molar-refractivity contribution >= 4 is 11.7 Å². The zero-order valence-corrected chi connectivity index (χ0v) is 13.4. The molecule has 0 aliphatic heterocycles. The van der Waals surface area contributed by atoms with Crippen LogP contribution in [0, 0.1) is 5.82 Å². The van der Waals surface area contributed by atoms with E-state index in [-0.39, 0.29) is 17.3 Å². The minimum Gasteiger partial charge on any atom is -0.497 e. The van der Waals surface area contributed by atoms with Gasteiger partial charge in [-0.2, -0.15) is 4.68 Å². The molecule has 8 heteroatoms. The van der Waals surface area contributed by atoms with Crippen molar-refractivity contribution in [1.82, 2.24) is 20.3 Å². The summed E-state index contributed by atoms with van der Waals surface area (Å²) in [5.41, 5.74) is 7.34. The van der Waals surface area contributed by atoms with Crippen molar-refractivity contribution in [3.63, 3.8) is 0 Å². The van der Waals surface area contributed by atoms with Gasteiger partial charge < -0.3 is 15.8 Å². The predicted molar refractivity (Wildman–Crippen MR) is 89.9 cm³/mol. The molecular weight excluding hydrogens is 325 g/mol. The molecule has 25 heavy (non-hydrogen) atoms. The fourth-order valence-electron chi connectivity index (χ4n) is 2.27. The van der Waals surface area contributed by atoms with Crippen molar-refractivity contribution in [3.8, 4) is 11.4 Å². The molecule has 0 spiro atoms. The van der Waals surface area contributed by atoms with E-state index in [4.69, 9.17) is 10.5 Å². The molecule has 1 amide bonds. The van der Waals surface area contributed by atoms with Crippen LogP contribution in [0.15, 0.2) is 48.5 Å². The fourth-order valence-corrected chi connectivity index (χ4v) is 2.27. The second-order valence-electron chi connectivity index (χ2n) is 5.25. The number of amides is 1. The normalized spacial score (nSPS) is 10.5. The lowest BCUT2D eigenvalue weighted by molar-refractivity contribution is 0.0946. The molecule has 1 heterocycles. The maximum absolute atomic E-state index is 13.0. The van der Waals surface area contributed by atoms with Crippen LogP contribution >= 0.6 is 0 Å². The number of nitrogens with zero attached hydrogens (tertiary/aromatic N) is 3. The number of nitrogens with two attached hydrogens (primary N) is 1. The van der Waals surface area contributed by atoms with Crippen LogP contribution in [0.5, 0.6) is 5.75 Å². The number of benzene rings is 2. The largest absolute Gasteiger partial charge is 0.497 e. The SMILES string of the molecule is COc1cccc(CNC(=O)c2nnn(-c3ccc(F)cc3)c2N)c1. The number of halogens is 1. The number of nitrogens with one attached hydrogen (secondary N) is 1. The van der Waals surface area contributed by atoms with Crippen LogP contribution in [-0.2, 0) is 6.54 Å². The van der Waals surface area contributed by atoms with Crippen LogP contribution in [-0.4, -0.2) is 28.0 Å². The summed E-state index contributed by atoms with van der Waals surface area (Å²) in [6.45, 7) is 0.291. The summed E-state index contributed by atoms with van der Waals surface area (Å²) >= 11 is 0. The van der Waals surface area contributed by atoms with Crippen LogP contribution in [0.2, 0.25) is 0 Å². The van der Waals surface area contributed by atoms with Gasteiger partial charge in [0.25, 0.3) is 5.91 Å². The van der Waals surface area contributed by atoms with Crippen molar-refractivity contribution in [1.29, 1.82) is 0 Å². The van der Waals surface area contributed by atoms with Crippen LogP contribution < -0.4 is 15.8 Å². The Kier molecular flexibility index (Phi) is 4.60. The van der Waals surface area contributed by atoms with Crippen molar-refractivity contribution in [3.05, 3.63) is 65.6 Å². The Morgan fingerprint density at radius 3 is 2.76 bits per heavy atom. The molecular formula is C17H16FN5O2. The average Bonchev–Trinajstić information content (AvgIpc) is 3.02. The summed E-state index contributed by atoms with van der Waals surface area (Å²) < 4.78 is 19.4. The summed E-state index contributed by atoms with van der Waals surface area (Å²) in [7, 11) is 1.58. The van der Waals surface area contributed by atoms with Gasteiger partial charge in [-0.15, -0.1) is 5.10 Å². The molecule has 2 aromatic carbocycles. The van der Waals surface area contributed by atoms with Gasteiger partial charge >= 0.3 is 0 Å². The van der Waals surface area contributed by atoms with Gasteiger partial charge in [-0.1, -0.05) is 17.3 Å². The van der Waals surface area contributed by atoms with Gasteiger partial charge in [-0.05, 0) is 42.0 Å². The third-order valence-electron chi connectivity index (χ3n) is 3.58. The Hall–Kier alpha value is -3.42. The molecule has 0 aliphatic carbocycles. The predicted octanol–water partition coefficient (Wildman–Crippen LogP) is 1.93. The Morgan fingerprint density at radius 2 is 2.04 bits per heavy atom. The summed E-state index contributed by atoms with van der Waals surface area (Å²) in [6, 6.07) is 12.9. The van der Waals surface area contributed by atoms with E-state index in [2.05, 4.69) is 15.6 Å². The Labute approximate surface area is 143 Å². The first kappa shape index (κ1) is 16.4. The lowest BCUT2D eigenvalue weighted by atomic mass is 10.2. The lowest BCUT2D eigenvalue weighted by Crippen LogP contribution is -2.24. The van der Waals surface area contributed by atoms with Crippen LogP contribution in [0.3, 0.4) is 0 Å². The molecule has 1 aromatic heterocycles. The monoisotopic (exact) mass is 341 g/mol. The third-order valence-corrected chi connectivity index (χ3v) is 3.58. The highest BCUT2D eigenvalue weighted by molar-refractivity contribution is 5.96. The van der Waals surface area contributed by atoms with E-state index >= 15 is 0 Å². The number of hydrogen-bond donors (Lipinski definition) is 2. The second kappa shape index (κ2) is 7.00. The summed E-state index contributed by atoms with van der Waals surface area (Å²) in [5, 5.41) is 10.4. The number of methoxy groups -OCH3 is 1. The van der Waals surface area contributed by atoms with Crippen LogP contribution in [0.1, 0.15) is 16.1 Å². The molecule has 0 saturated heterocycles. The minimum atomic E-state index is -0.450. The van der Waals surface area contributed by atoms with Crippen LogP contribution in [0.4, 0.5) is 10.2 Å². The standard InChI is InChI=1S/C17H16FN5O2/c1-25-14-4-2-3-11(9-14)10-20-17(24)15-16(19)23(22-21-15)13-7-5-12(18)6-8-13/h2-9H,10,19H2,1H3,(H,20,24). The van der Waals surface area contributed by atoms with E-state index in [1.165, 1.54) is 28.9 Å². The van der Waals surface area contributed by atoms with Gasteiger partial charge in [0.15, 0.2) is 11.5 Å². The van der Waals surface area contributed by atoms with Crippen molar-refractivity contribution in [2.24, 2.45) is 0 Å². The van der Waals surface area contributed by atoms with E-state index in [0.717, 1.165) is 5.56 Å². The third kappa shape index (κ3) is 3.57. The molecule has 3 rings (SSSR count). The van der Waals surface area contributed by atoms with Gasteiger partial charge in [-0.3, -0.25) is 4.79 Å². The average molecular weight is 341 g/mol. The molecule has 128 valence electrons. The Bertz CT molecular complexity index is 892. The maximum atomic E-state index is 13.0. The Balaban J connectivity index is 1.73. The number of carbonyl (C=O) groups is 1. The zero-order valence-electron chi connectivity index (χ0n) is 13.4. The second-order valence-corrected chi connectivity index (χ2v) is 5.25. The quantitative estimate of drug-likeness (QED) is 0.739. The van der Waals surface area contributed by atoms with Gasteiger partial charge in [0.05, 0.1) is 12.8 Å². The summed E-state index contributed by atoms with van der Waals surface area (Å²) in [4.78, 5) is 12.3. The number of rotatable bonds is 5. The fraction of sp³-hybridized carbons (Fsp3) is 0.118. The van der Waals surface area contributed by atoms with E-state index in [9.17, 15) is 9.18 Å². The first-order valence-corrected chi connectivity index (χ1v) is 7.46. The minimum absolute atomic E-state index is 0.00669. The molecule has 7 nitrogen and oxygen atoms in total. The van der Waals surface area contributed by atoms with E-state index in [0.29, 0.717) is 18.0 Å². The topological polar surface area (TPSA) is 95.1 Å². The Morgan fingerprint density at radius 1 is 1.28 bits per heavy atom. The molecule has 0 fully saturated rings. The van der Waals surface area contributed by atoms with Crippen molar-refractivity contribution < 1.29 is 13.9 Å². The van der Waals surface area contributed by atoms with Gasteiger partial charge in [0, 0.05) is 6.54 Å². The molecule has 3 aromatic rings. The van der Waals surface area contributed by atoms with Crippen molar-refractivity contribution in [2.75, 3.05) is 12.8 Å². The molecule has 3 N–H and O–H groups in total. The number of anilines is 1. The molecule has 0 saturated carbocycles. The first-order valence-electron chi connectivity index (χ1n) is 7.46. The van der Waals surface area contributed by atoms with E-state index in [1.807, 2.05) is 24.3 Å². The zero-order chi connectivity index (χ0) is 17.8. The van der Waals surface area contributed by atoms with Gasteiger partial charge in [-0.25, -0.2) is 4.39 Å². The summed E-state index contributed by atoms with van der Waals surface area (Å²) in [6.07, 6.45) is 0. The van der Waals surface area contributed by atoms with Gasteiger partial charge in [0.1, 0.15) is 11.6 Å². The van der Waals surface area contributed by atoms with Crippen molar-refractivity contribution in [2.45, 2.75) is 6.54 Å². The molecule has 0 radical (unpaired) electrons. The highest BCUT2D eigenvalue weighted by atomic mass is 19.1. The molecule has 0 aliphatic rings. The highest BCUT2D eigenvalue weighted by Crippen LogP contribution is 2.16. The molecule has 0 bridgehead atoms. The first-order chi connectivity index (χ1) is 12.1. The number of carbonyl (C=O) groups excluding carboxylic acids is 1. The smallest absolute Gasteiger partial charge is 0.275 e. The molecule has 0 unspecified atom stereocenters. The van der Waals surface area contributed by atoms with E-state index < -0.39 is 5.91 Å². The number of nitrogen functional groups attached to an aromatic ring is 1. The highest BCUT2D eigenvalue weighted by Gasteiger charge is 2.18. The number of aromatic nitrogens is 3. The summed E-state index contributed by atoms with van der Waals surface area (Å²) in [5.74, 6) is -0.0457. The number of hydrogen-bond acceptors (Lipinski definition) is 5. The number of ether oxygens (including phenoxy) is 1. The van der Waals surface area contributed by atoms with Gasteiger partial charge in [0.2, 0.25) is 0 Å². The molecule has 0 atom stereocenters. The van der Waals surface area contributed by atoms with Crippen LogP contribution in [0.25, 0.3) is 5.69 Å². The lowest BCUT2D eigenvalue weighted by Gasteiger charge is -2.06.